The summed E-state index contributed by atoms with van der Waals surface area (Å²) in [5.74, 6) is 0.565. The van der Waals surface area contributed by atoms with Crippen LogP contribution in [0.4, 0.5) is 5.69 Å². The summed E-state index contributed by atoms with van der Waals surface area (Å²) < 4.78 is 10.1. The number of anilines is 1. The van der Waals surface area contributed by atoms with Gasteiger partial charge in [0.05, 0.1) is 24.6 Å². The van der Waals surface area contributed by atoms with E-state index in [2.05, 4.69) is 5.32 Å². The van der Waals surface area contributed by atoms with Crippen molar-refractivity contribution in [3.63, 3.8) is 0 Å². The molecule has 0 amide bonds. The molecule has 0 saturated carbocycles. The fourth-order valence-corrected chi connectivity index (χ4v) is 2.25. The molecule has 0 spiro atoms. The van der Waals surface area contributed by atoms with Gasteiger partial charge in [-0.15, -0.1) is 0 Å². The van der Waals surface area contributed by atoms with Crippen LogP contribution in [0, 0.1) is 0 Å². The van der Waals surface area contributed by atoms with Crippen LogP contribution >= 0.6 is 11.6 Å². The molecule has 1 aromatic heterocycles. The molecule has 1 atom stereocenters. The lowest BCUT2D eigenvalue weighted by Gasteiger charge is -2.17. The Kier molecular flexibility index (Phi) is 5.28. The van der Waals surface area contributed by atoms with Gasteiger partial charge in [-0.05, 0) is 43.7 Å². The van der Waals surface area contributed by atoms with Gasteiger partial charge in [0.1, 0.15) is 5.76 Å². The number of furan rings is 1. The zero-order chi connectivity index (χ0) is 15.2. The zero-order valence-electron chi connectivity index (χ0n) is 12.1. The van der Waals surface area contributed by atoms with Crippen LogP contribution in [-0.4, -0.2) is 19.1 Å². The number of hydrogen-bond donors (Lipinski definition) is 1. The van der Waals surface area contributed by atoms with Crippen molar-refractivity contribution in [1.82, 2.24) is 0 Å². The van der Waals surface area contributed by atoms with Crippen LogP contribution in [0.5, 0.6) is 0 Å². The van der Waals surface area contributed by atoms with Crippen LogP contribution in [0.1, 0.15) is 29.5 Å². The molecule has 1 unspecified atom stereocenters. The number of hydrogen-bond acceptors (Lipinski definition) is 4. The van der Waals surface area contributed by atoms with E-state index in [0.717, 1.165) is 18.6 Å². The highest BCUT2D eigenvalue weighted by molar-refractivity contribution is 6.31. The van der Waals surface area contributed by atoms with Gasteiger partial charge in [0.15, 0.2) is 0 Å². The third-order valence-electron chi connectivity index (χ3n) is 3.19. The molecule has 1 heterocycles. The van der Waals surface area contributed by atoms with Crippen molar-refractivity contribution >= 4 is 23.3 Å². The Morgan fingerprint density at radius 1 is 1.43 bits per heavy atom. The lowest BCUT2D eigenvalue weighted by atomic mass is 10.1. The number of carbonyl (C=O) groups excluding carboxylic acids is 1. The first kappa shape index (κ1) is 15.4. The van der Waals surface area contributed by atoms with Crippen molar-refractivity contribution in [1.29, 1.82) is 0 Å². The molecule has 1 aromatic carbocycles. The third-order valence-corrected chi connectivity index (χ3v) is 3.43. The van der Waals surface area contributed by atoms with Crippen LogP contribution in [-0.2, 0) is 11.2 Å². The highest BCUT2D eigenvalue weighted by Crippen LogP contribution is 2.23. The molecule has 0 fully saturated rings. The summed E-state index contributed by atoms with van der Waals surface area (Å²) in [5, 5.41) is 3.87. The minimum Gasteiger partial charge on any atom is -0.469 e. The van der Waals surface area contributed by atoms with E-state index in [1.165, 1.54) is 7.11 Å². The van der Waals surface area contributed by atoms with Crippen molar-refractivity contribution in [3.8, 4) is 0 Å². The Labute approximate surface area is 129 Å². The molecule has 1 N–H and O–H groups in total. The molecule has 0 aliphatic heterocycles. The number of ether oxygens (including phenoxy) is 1. The summed E-state index contributed by atoms with van der Waals surface area (Å²) in [6.07, 6.45) is 3.37. The monoisotopic (exact) mass is 307 g/mol. The Morgan fingerprint density at radius 3 is 2.90 bits per heavy atom. The van der Waals surface area contributed by atoms with Crippen molar-refractivity contribution in [2.45, 2.75) is 25.8 Å². The lowest BCUT2D eigenvalue weighted by Crippen LogP contribution is -2.18. The first-order chi connectivity index (χ1) is 10.1. The van der Waals surface area contributed by atoms with E-state index < -0.39 is 0 Å². The Morgan fingerprint density at radius 2 is 2.24 bits per heavy atom. The molecule has 5 heteroatoms. The minimum absolute atomic E-state index is 0.164. The molecule has 21 heavy (non-hydrogen) atoms. The number of carbonyl (C=O) groups is 1. The first-order valence-electron chi connectivity index (χ1n) is 6.77. The summed E-state index contributed by atoms with van der Waals surface area (Å²) in [4.78, 5) is 11.8. The second kappa shape index (κ2) is 7.18. The Hall–Kier alpha value is -1.94. The van der Waals surface area contributed by atoms with E-state index in [4.69, 9.17) is 20.8 Å². The molecule has 2 aromatic rings. The number of rotatable bonds is 6. The second-order valence-corrected chi connectivity index (χ2v) is 5.28. The van der Waals surface area contributed by atoms with Crippen LogP contribution in [0.2, 0.25) is 5.02 Å². The molecule has 0 radical (unpaired) electrons. The van der Waals surface area contributed by atoms with Crippen molar-refractivity contribution in [2.24, 2.45) is 0 Å². The largest absolute Gasteiger partial charge is 0.469 e. The standard InChI is InChI=1S/C16H18ClNO3/c1-11(5-7-13-4-3-9-21-13)18-15-10-12(17)6-8-14(15)16(19)20-2/h3-4,6,8-11,18H,5,7H2,1-2H3. The maximum Gasteiger partial charge on any atom is 0.339 e. The van der Waals surface area contributed by atoms with Crippen molar-refractivity contribution in [3.05, 3.63) is 52.9 Å². The topological polar surface area (TPSA) is 51.5 Å². The average Bonchev–Trinajstić information content (AvgIpc) is 2.98. The molecule has 0 aliphatic rings. The van der Waals surface area contributed by atoms with E-state index in [0.29, 0.717) is 16.3 Å². The maximum absolute atomic E-state index is 11.8. The van der Waals surface area contributed by atoms with E-state index in [1.807, 2.05) is 19.1 Å². The minimum atomic E-state index is -0.382. The summed E-state index contributed by atoms with van der Waals surface area (Å²) in [6.45, 7) is 2.05. The molecule has 0 bridgehead atoms. The van der Waals surface area contributed by atoms with Gasteiger partial charge in [0, 0.05) is 17.5 Å². The van der Waals surface area contributed by atoms with Gasteiger partial charge >= 0.3 is 5.97 Å². The van der Waals surface area contributed by atoms with Crippen LogP contribution in [0.15, 0.2) is 41.0 Å². The second-order valence-electron chi connectivity index (χ2n) is 4.84. The van der Waals surface area contributed by atoms with Gasteiger partial charge in [-0.2, -0.15) is 0 Å². The number of nitrogens with one attached hydrogen (secondary N) is 1. The van der Waals surface area contributed by atoms with E-state index in [9.17, 15) is 4.79 Å². The van der Waals surface area contributed by atoms with Crippen LogP contribution in [0.25, 0.3) is 0 Å². The number of halogens is 1. The predicted molar refractivity (Wildman–Crippen MR) is 82.9 cm³/mol. The third kappa shape index (κ3) is 4.26. The van der Waals surface area contributed by atoms with Gasteiger partial charge in [-0.1, -0.05) is 11.6 Å². The Balaban J connectivity index is 2.03. The number of aryl methyl sites for hydroxylation is 1. The van der Waals surface area contributed by atoms with Gasteiger partial charge in [-0.25, -0.2) is 4.79 Å². The van der Waals surface area contributed by atoms with Gasteiger partial charge < -0.3 is 14.5 Å². The molecule has 112 valence electrons. The lowest BCUT2D eigenvalue weighted by molar-refractivity contribution is 0.0602. The maximum atomic E-state index is 11.8. The van der Waals surface area contributed by atoms with Crippen molar-refractivity contribution in [2.75, 3.05) is 12.4 Å². The predicted octanol–water partition coefficient (Wildman–Crippen LogP) is 4.15. The fraction of sp³-hybridized carbons (Fsp3) is 0.312. The van der Waals surface area contributed by atoms with Crippen LogP contribution in [0.3, 0.4) is 0 Å². The van der Waals surface area contributed by atoms with Crippen molar-refractivity contribution < 1.29 is 13.9 Å². The van der Waals surface area contributed by atoms with Gasteiger partial charge in [0.25, 0.3) is 0 Å². The smallest absolute Gasteiger partial charge is 0.339 e. The highest BCUT2D eigenvalue weighted by atomic mass is 35.5. The quantitative estimate of drug-likeness (QED) is 0.814. The SMILES string of the molecule is COC(=O)c1ccc(Cl)cc1NC(C)CCc1ccco1. The summed E-state index contributed by atoms with van der Waals surface area (Å²) in [6, 6.07) is 9.06. The van der Waals surface area contributed by atoms with Crippen LogP contribution < -0.4 is 5.32 Å². The fourth-order valence-electron chi connectivity index (χ4n) is 2.08. The Bertz CT molecular complexity index is 596. The highest BCUT2D eigenvalue weighted by Gasteiger charge is 2.14. The van der Waals surface area contributed by atoms with Gasteiger partial charge in [0.2, 0.25) is 0 Å². The van der Waals surface area contributed by atoms with E-state index in [-0.39, 0.29) is 12.0 Å². The van der Waals surface area contributed by atoms with E-state index in [1.54, 1.807) is 24.5 Å². The molecule has 0 aliphatic carbocycles. The molecular weight excluding hydrogens is 290 g/mol. The zero-order valence-corrected chi connectivity index (χ0v) is 12.8. The average molecular weight is 308 g/mol. The summed E-state index contributed by atoms with van der Waals surface area (Å²) in [7, 11) is 1.36. The summed E-state index contributed by atoms with van der Waals surface area (Å²) in [5.41, 5.74) is 1.16. The molecule has 0 saturated heterocycles. The number of benzene rings is 1. The van der Waals surface area contributed by atoms with E-state index >= 15 is 0 Å². The molecule has 4 nitrogen and oxygen atoms in total. The summed E-state index contributed by atoms with van der Waals surface area (Å²) >= 11 is 6.00. The molecular formula is C16H18ClNO3. The van der Waals surface area contributed by atoms with Gasteiger partial charge in [-0.3, -0.25) is 0 Å². The normalized spacial score (nSPS) is 12.0. The molecule has 2 rings (SSSR count). The first-order valence-corrected chi connectivity index (χ1v) is 7.14. The number of esters is 1. The number of methoxy groups -OCH3 is 1.